The third kappa shape index (κ3) is 6.39. The van der Waals surface area contributed by atoms with Gasteiger partial charge in [-0.1, -0.05) is 19.9 Å². The van der Waals surface area contributed by atoms with E-state index < -0.39 is 5.60 Å². The molecule has 4 nitrogen and oxygen atoms in total. The number of pyridine rings is 1. The number of carbonyl (C=O) groups is 1. The molecule has 0 saturated carbocycles. The minimum atomic E-state index is -0.850. The van der Waals surface area contributed by atoms with E-state index in [4.69, 9.17) is 0 Å². The molecular formula is C15H24N2O2S. The van der Waals surface area contributed by atoms with Crippen LogP contribution in [-0.2, 0) is 10.5 Å². The monoisotopic (exact) mass is 296 g/mol. The topological polar surface area (TPSA) is 62.2 Å². The molecular weight excluding hydrogens is 272 g/mol. The van der Waals surface area contributed by atoms with E-state index in [1.807, 2.05) is 32.0 Å². The number of aromatic nitrogens is 1. The number of nitrogens with zero attached hydrogens (tertiary/aromatic N) is 1. The third-order valence-corrected chi connectivity index (χ3v) is 4.33. The molecule has 1 atom stereocenters. The molecule has 5 heteroatoms. The number of nitrogens with one attached hydrogen (secondary N) is 1. The predicted octanol–water partition coefficient (Wildman–Crippen LogP) is 2.23. The molecule has 0 aromatic carbocycles. The summed E-state index contributed by atoms with van der Waals surface area (Å²) in [5.41, 5.74) is 0.178. The van der Waals surface area contributed by atoms with Crippen LogP contribution in [0, 0.1) is 5.92 Å². The van der Waals surface area contributed by atoms with Gasteiger partial charge in [0.25, 0.3) is 0 Å². The number of amides is 1. The zero-order chi connectivity index (χ0) is 15.0. The molecule has 0 saturated heterocycles. The highest BCUT2D eigenvalue weighted by Crippen LogP contribution is 2.15. The average molecular weight is 296 g/mol. The summed E-state index contributed by atoms with van der Waals surface area (Å²) in [4.78, 5) is 15.9. The highest BCUT2D eigenvalue weighted by molar-refractivity contribution is 7.98. The first-order chi connectivity index (χ1) is 9.42. The standard InChI is InChI=1S/C15H24N2O2S/c1-12(2)15(3,19)11-17-14(18)7-9-20-10-13-6-4-5-8-16-13/h4-6,8,12,19H,7,9-11H2,1-3H3,(H,17,18). The van der Waals surface area contributed by atoms with E-state index in [0.717, 1.165) is 17.2 Å². The SMILES string of the molecule is CC(C)C(C)(O)CNC(=O)CCSCc1ccccn1. The van der Waals surface area contributed by atoms with Gasteiger partial charge < -0.3 is 10.4 Å². The summed E-state index contributed by atoms with van der Waals surface area (Å²) in [7, 11) is 0. The van der Waals surface area contributed by atoms with Gasteiger partial charge in [0.15, 0.2) is 0 Å². The van der Waals surface area contributed by atoms with Crippen LogP contribution in [0.15, 0.2) is 24.4 Å². The van der Waals surface area contributed by atoms with Crippen LogP contribution in [-0.4, -0.2) is 33.9 Å². The number of hydrogen-bond acceptors (Lipinski definition) is 4. The van der Waals surface area contributed by atoms with Crippen LogP contribution in [0.25, 0.3) is 0 Å². The van der Waals surface area contributed by atoms with E-state index >= 15 is 0 Å². The molecule has 0 aliphatic rings. The van der Waals surface area contributed by atoms with Gasteiger partial charge in [-0.15, -0.1) is 0 Å². The normalized spacial score (nSPS) is 14.1. The lowest BCUT2D eigenvalue weighted by atomic mass is 9.92. The minimum absolute atomic E-state index is 0.0144. The van der Waals surface area contributed by atoms with Crippen molar-refractivity contribution in [3.05, 3.63) is 30.1 Å². The number of carbonyl (C=O) groups excluding carboxylic acids is 1. The first-order valence-electron chi connectivity index (χ1n) is 6.88. The van der Waals surface area contributed by atoms with Crippen molar-refractivity contribution in [2.24, 2.45) is 5.92 Å². The summed E-state index contributed by atoms with van der Waals surface area (Å²) in [5.74, 6) is 1.67. The molecule has 0 aliphatic heterocycles. The lowest BCUT2D eigenvalue weighted by Crippen LogP contribution is -2.44. The Balaban J connectivity index is 2.15. The number of hydrogen-bond donors (Lipinski definition) is 2. The van der Waals surface area contributed by atoms with Crippen molar-refractivity contribution in [1.29, 1.82) is 0 Å². The van der Waals surface area contributed by atoms with Crippen molar-refractivity contribution in [3.8, 4) is 0 Å². The van der Waals surface area contributed by atoms with Crippen LogP contribution < -0.4 is 5.32 Å². The number of aliphatic hydroxyl groups is 1. The summed E-state index contributed by atoms with van der Waals surface area (Å²) in [6.45, 7) is 5.92. The molecule has 0 spiro atoms. The predicted molar refractivity (Wildman–Crippen MR) is 83.5 cm³/mol. The minimum Gasteiger partial charge on any atom is -0.388 e. The molecule has 20 heavy (non-hydrogen) atoms. The van der Waals surface area contributed by atoms with Crippen LogP contribution in [0.2, 0.25) is 0 Å². The maximum absolute atomic E-state index is 11.7. The Morgan fingerprint density at radius 2 is 2.25 bits per heavy atom. The molecule has 112 valence electrons. The van der Waals surface area contributed by atoms with Crippen LogP contribution in [0.3, 0.4) is 0 Å². The van der Waals surface area contributed by atoms with Gasteiger partial charge in [-0.3, -0.25) is 9.78 Å². The molecule has 1 amide bonds. The fourth-order valence-electron chi connectivity index (χ4n) is 1.40. The molecule has 0 fully saturated rings. The van der Waals surface area contributed by atoms with Crippen molar-refractivity contribution in [2.45, 2.75) is 38.5 Å². The number of rotatable bonds is 8. The van der Waals surface area contributed by atoms with Crippen molar-refractivity contribution in [2.75, 3.05) is 12.3 Å². The van der Waals surface area contributed by atoms with E-state index in [1.165, 1.54) is 0 Å². The molecule has 1 aromatic heterocycles. The summed E-state index contributed by atoms with van der Waals surface area (Å²) < 4.78 is 0. The summed E-state index contributed by atoms with van der Waals surface area (Å²) >= 11 is 1.69. The van der Waals surface area contributed by atoms with E-state index in [1.54, 1.807) is 24.9 Å². The first kappa shape index (κ1) is 17.0. The van der Waals surface area contributed by atoms with Crippen LogP contribution >= 0.6 is 11.8 Å². The van der Waals surface area contributed by atoms with Gasteiger partial charge in [-0.2, -0.15) is 11.8 Å². The van der Waals surface area contributed by atoms with Gasteiger partial charge in [0, 0.05) is 30.7 Å². The lowest BCUT2D eigenvalue weighted by molar-refractivity contribution is -0.122. The Bertz CT molecular complexity index is 408. The molecule has 0 bridgehead atoms. The smallest absolute Gasteiger partial charge is 0.220 e. The molecule has 0 aliphatic carbocycles. The van der Waals surface area contributed by atoms with Crippen molar-refractivity contribution in [1.82, 2.24) is 10.3 Å². The quantitative estimate of drug-likeness (QED) is 0.722. The van der Waals surface area contributed by atoms with E-state index in [9.17, 15) is 9.90 Å². The Labute approximate surface area is 125 Å². The van der Waals surface area contributed by atoms with Crippen LogP contribution in [0.4, 0.5) is 0 Å². The maximum Gasteiger partial charge on any atom is 0.220 e. The molecule has 1 rings (SSSR count). The van der Waals surface area contributed by atoms with Gasteiger partial charge >= 0.3 is 0 Å². The highest BCUT2D eigenvalue weighted by atomic mass is 32.2. The average Bonchev–Trinajstić information content (AvgIpc) is 2.42. The highest BCUT2D eigenvalue weighted by Gasteiger charge is 2.25. The molecule has 1 heterocycles. The Hall–Kier alpha value is -1.07. The zero-order valence-electron chi connectivity index (χ0n) is 12.4. The van der Waals surface area contributed by atoms with Crippen molar-refractivity contribution in [3.63, 3.8) is 0 Å². The van der Waals surface area contributed by atoms with E-state index in [0.29, 0.717) is 13.0 Å². The molecule has 2 N–H and O–H groups in total. The first-order valence-corrected chi connectivity index (χ1v) is 8.04. The number of thioether (sulfide) groups is 1. The third-order valence-electron chi connectivity index (χ3n) is 3.34. The van der Waals surface area contributed by atoms with Gasteiger partial charge in [0.1, 0.15) is 0 Å². The van der Waals surface area contributed by atoms with Crippen LogP contribution in [0.5, 0.6) is 0 Å². The molecule has 0 radical (unpaired) electrons. The van der Waals surface area contributed by atoms with E-state index in [-0.39, 0.29) is 11.8 Å². The Kier molecular flexibility index (Phi) is 7.02. The zero-order valence-corrected chi connectivity index (χ0v) is 13.2. The van der Waals surface area contributed by atoms with Crippen LogP contribution in [0.1, 0.15) is 32.9 Å². The lowest BCUT2D eigenvalue weighted by Gasteiger charge is -2.27. The van der Waals surface area contributed by atoms with E-state index in [2.05, 4.69) is 10.3 Å². The van der Waals surface area contributed by atoms with Gasteiger partial charge in [0.2, 0.25) is 5.91 Å². The molecule has 1 aromatic rings. The van der Waals surface area contributed by atoms with Gasteiger partial charge in [0.05, 0.1) is 11.3 Å². The second-order valence-electron chi connectivity index (χ2n) is 5.41. The maximum atomic E-state index is 11.7. The molecule has 1 unspecified atom stereocenters. The largest absolute Gasteiger partial charge is 0.388 e. The summed E-state index contributed by atoms with van der Waals surface area (Å²) in [5, 5.41) is 12.8. The fourth-order valence-corrected chi connectivity index (χ4v) is 2.25. The van der Waals surface area contributed by atoms with Gasteiger partial charge in [-0.25, -0.2) is 0 Å². The summed E-state index contributed by atoms with van der Waals surface area (Å²) in [6, 6.07) is 5.83. The fraction of sp³-hybridized carbons (Fsp3) is 0.600. The van der Waals surface area contributed by atoms with Crippen molar-refractivity contribution < 1.29 is 9.90 Å². The second-order valence-corrected chi connectivity index (χ2v) is 6.52. The Morgan fingerprint density at radius 1 is 1.50 bits per heavy atom. The van der Waals surface area contributed by atoms with Crippen molar-refractivity contribution >= 4 is 17.7 Å². The summed E-state index contributed by atoms with van der Waals surface area (Å²) in [6.07, 6.45) is 2.24. The second kappa shape index (κ2) is 8.27. The van der Waals surface area contributed by atoms with Gasteiger partial charge in [-0.05, 0) is 25.0 Å². The Morgan fingerprint density at radius 3 is 2.85 bits per heavy atom.